The van der Waals surface area contributed by atoms with E-state index in [1.165, 1.54) is 6.20 Å². The number of rotatable bonds is 1. The van der Waals surface area contributed by atoms with E-state index in [1.807, 2.05) is 6.08 Å². The maximum absolute atomic E-state index is 5.29. The van der Waals surface area contributed by atoms with Crippen LogP contribution >= 0.6 is 0 Å². The number of nitrogens with two attached hydrogens (primary N) is 1. The Kier molecular flexibility index (Phi) is 3.60. The third-order valence-electron chi connectivity index (χ3n) is 1.81. The topological polar surface area (TPSA) is 50.8 Å². The fourth-order valence-corrected chi connectivity index (χ4v) is 1.20. The van der Waals surface area contributed by atoms with Gasteiger partial charge in [-0.3, -0.25) is 4.99 Å². The minimum absolute atomic E-state index is 0.775. The van der Waals surface area contributed by atoms with Crippen LogP contribution < -0.4 is 5.73 Å². The second kappa shape index (κ2) is 4.77. The van der Waals surface area contributed by atoms with Crippen molar-refractivity contribution in [3.05, 3.63) is 12.3 Å². The highest BCUT2D eigenvalue weighted by molar-refractivity contribution is 5.92. The van der Waals surface area contributed by atoms with Crippen LogP contribution in [0.1, 0.15) is 0 Å². The molecule has 1 heterocycles. The van der Waals surface area contributed by atoms with E-state index in [9.17, 15) is 0 Å². The molecule has 0 aromatic rings. The third kappa shape index (κ3) is 2.23. The number of ether oxygens (including phenoxy) is 1. The van der Waals surface area contributed by atoms with Crippen LogP contribution in [0.15, 0.2) is 17.3 Å². The Hall–Kier alpha value is -1.03. The molecule has 0 aliphatic carbocycles. The van der Waals surface area contributed by atoms with Crippen molar-refractivity contribution in [2.24, 2.45) is 10.7 Å². The summed E-state index contributed by atoms with van der Waals surface area (Å²) in [5.41, 5.74) is 5.29. The van der Waals surface area contributed by atoms with Crippen molar-refractivity contribution >= 4 is 5.84 Å². The van der Waals surface area contributed by atoms with Gasteiger partial charge in [0.05, 0.1) is 13.2 Å². The van der Waals surface area contributed by atoms with Crippen molar-refractivity contribution in [3.8, 4) is 0 Å². The average Bonchev–Trinajstić information content (AvgIpc) is 2.15. The van der Waals surface area contributed by atoms with Crippen molar-refractivity contribution in [3.63, 3.8) is 0 Å². The van der Waals surface area contributed by atoms with Crippen LogP contribution in [0.4, 0.5) is 0 Å². The van der Waals surface area contributed by atoms with Gasteiger partial charge in [-0.05, 0) is 12.3 Å². The fourth-order valence-electron chi connectivity index (χ4n) is 1.20. The Bertz CT molecular complexity index is 183. The second-order valence-corrected chi connectivity index (χ2v) is 2.54. The lowest BCUT2D eigenvalue weighted by atomic mass is 10.4. The summed E-state index contributed by atoms with van der Waals surface area (Å²) >= 11 is 0. The SMILES string of the molecule is CN=C(C=CN)N1CCOCC1. The van der Waals surface area contributed by atoms with E-state index >= 15 is 0 Å². The summed E-state index contributed by atoms with van der Waals surface area (Å²) < 4.78 is 5.22. The zero-order valence-electron chi connectivity index (χ0n) is 7.36. The van der Waals surface area contributed by atoms with Crippen molar-refractivity contribution in [2.75, 3.05) is 33.4 Å². The number of amidine groups is 1. The van der Waals surface area contributed by atoms with Gasteiger partial charge in [-0.25, -0.2) is 0 Å². The van der Waals surface area contributed by atoms with Crippen LogP contribution in [0.2, 0.25) is 0 Å². The Labute approximate surface area is 72.7 Å². The molecule has 2 N–H and O–H groups in total. The number of hydrogen-bond acceptors (Lipinski definition) is 3. The minimum Gasteiger partial charge on any atom is -0.404 e. The van der Waals surface area contributed by atoms with E-state index in [-0.39, 0.29) is 0 Å². The van der Waals surface area contributed by atoms with Crippen LogP contribution in [0.25, 0.3) is 0 Å². The molecule has 12 heavy (non-hydrogen) atoms. The molecule has 4 nitrogen and oxygen atoms in total. The summed E-state index contributed by atoms with van der Waals surface area (Å²) in [6.07, 6.45) is 3.32. The molecule has 0 saturated carbocycles. The molecule has 1 saturated heterocycles. The molecule has 0 spiro atoms. The highest BCUT2D eigenvalue weighted by Gasteiger charge is 2.11. The predicted octanol–water partition coefficient (Wildman–Crippen LogP) is -0.181. The zero-order valence-corrected chi connectivity index (χ0v) is 7.36. The first-order valence-corrected chi connectivity index (χ1v) is 4.06. The van der Waals surface area contributed by atoms with Gasteiger partial charge in [0.25, 0.3) is 0 Å². The van der Waals surface area contributed by atoms with Crippen molar-refractivity contribution in [1.29, 1.82) is 0 Å². The summed E-state index contributed by atoms with van der Waals surface area (Å²) in [5, 5.41) is 0. The molecule has 0 aromatic carbocycles. The van der Waals surface area contributed by atoms with E-state index < -0.39 is 0 Å². The van der Waals surface area contributed by atoms with Crippen molar-refractivity contribution in [1.82, 2.24) is 4.90 Å². The summed E-state index contributed by atoms with van der Waals surface area (Å²) in [5.74, 6) is 0.931. The molecular formula is C8H15N3O. The van der Waals surface area contributed by atoms with Gasteiger partial charge < -0.3 is 15.4 Å². The average molecular weight is 169 g/mol. The number of aliphatic imine (C=N–C) groups is 1. The molecule has 0 aromatic heterocycles. The van der Waals surface area contributed by atoms with Crippen molar-refractivity contribution in [2.45, 2.75) is 0 Å². The van der Waals surface area contributed by atoms with Gasteiger partial charge in [0, 0.05) is 20.1 Å². The van der Waals surface area contributed by atoms with Gasteiger partial charge in [-0.2, -0.15) is 0 Å². The normalized spacial score (nSPS) is 20.4. The molecule has 0 bridgehead atoms. The van der Waals surface area contributed by atoms with Crippen LogP contribution in [-0.2, 0) is 4.74 Å². The monoisotopic (exact) mass is 169 g/mol. The molecule has 1 rings (SSSR count). The molecule has 0 atom stereocenters. The van der Waals surface area contributed by atoms with E-state index in [1.54, 1.807) is 7.05 Å². The first kappa shape index (κ1) is 9.06. The van der Waals surface area contributed by atoms with Crippen LogP contribution in [0.5, 0.6) is 0 Å². The van der Waals surface area contributed by atoms with Gasteiger partial charge >= 0.3 is 0 Å². The smallest absolute Gasteiger partial charge is 0.124 e. The van der Waals surface area contributed by atoms with Crippen LogP contribution in [-0.4, -0.2) is 44.1 Å². The van der Waals surface area contributed by atoms with Crippen molar-refractivity contribution < 1.29 is 4.74 Å². The van der Waals surface area contributed by atoms with E-state index in [0.717, 1.165) is 32.1 Å². The Balaban J connectivity index is 2.52. The number of morpholine rings is 1. The molecule has 0 unspecified atom stereocenters. The first-order chi connectivity index (χ1) is 5.88. The van der Waals surface area contributed by atoms with Gasteiger partial charge in [0.1, 0.15) is 5.84 Å². The quantitative estimate of drug-likeness (QED) is 0.437. The lowest BCUT2D eigenvalue weighted by molar-refractivity contribution is 0.0684. The minimum atomic E-state index is 0.775. The number of hydrogen-bond donors (Lipinski definition) is 1. The standard InChI is InChI=1S/C8H15N3O/c1-10-8(2-3-9)11-4-6-12-7-5-11/h2-3H,4-7,9H2,1H3. The highest BCUT2D eigenvalue weighted by atomic mass is 16.5. The second-order valence-electron chi connectivity index (χ2n) is 2.54. The number of nitrogens with zero attached hydrogens (tertiary/aromatic N) is 2. The Morgan fingerprint density at radius 1 is 1.50 bits per heavy atom. The predicted molar refractivity (Wildman–Crippen MR) is 49.1 cm³/mol. The maximum Gasteiger partial charge on any atom is 0.124 e. The molecule has 68 valence electrons. The highest BCUT2D eigenvalue weighted by Crippen LogP contribution is 1.99. The summed E-state index contributed by atoms with van der Waals surface area (Å²) in [4.78, 5) is 6.28. The molecule has 0 amide bonds. The van der Waals surface area contributed by atoms with E-state index in [0.29, 0.717) is 0 Å². The lowest BCUT2D eigenvalue weighted by Gasteiger charge is -2.28. The largest absolute Gasteiger partial charge is 0.404 e. The van der Waals surface area contributed by atoms with E-state index in [4.69, 9.17) is 10.5 Å². The summed E-state index contributed by atoms with van der Waals surface area (Å²) in [7, 11) is 1.77. The Morgan fingerprint density at radius 2 is 2.17 bits per heavy atom. The summed E-state index contributed by atoms with van der Waals surface area (Å²) in [6.45, 7) is 3.35. The Morgan fingerprint density at radius 3 is 2.67 bits per heavy atom. The third-order valence-corrected chi connectivity index (χ3v) is 1.81. The van der Waals surface area contributed by atoms with Crippen LogP contribution in [0.3, 0.4) is 0 Å². The van der Waals surface area contributed by atoms with Gasteiger partial charge in [0.15, 0.2) is 0 Å². The molecule has 4 heteroatoms. The van der Waals surface area contributed by atoms with Gasteiger partial charge in [-0.15, -0.1) is 0 Å². The van der Waals surface area contributed by atoms with Gasteiger partial charge in [-0.1, -0.05) is 0 Å². The molecule has 1 aliphatic rings. The summed E-state index contributed by atoms with van der Waals surface area (Å²) in [6, 6.07) is 0. The zero-order chi connectivity index (χ0) is 8.81. The van der Waals surface area contributed by atoms with Gasteiger partial charge in [0.2, 0.25) is 0 Å². The lowest BCUT2D eigenvalue weighted by Crippen LogP contribution is -2.40. The molecule has 0 radical (unpaired) electrons. The first-order valence-electron chi connectivity index (χ1n) is 4.06. The molecule has 1 aliphatic heterocycles. The molecule has 1 fully saturated rings. The maximum atomic E-state index is 5.29. The molecular weight excluding hydrogens is 154 g/mol. The van der Waals surface area contributed by atoms with E-state index in [2.05, 4.69) is 9.89 Å². The fraction of sp³-hybridized carbons (Fsp3) is 0.625. The van der Waals surface area contributed by atoms with Crippen LogP contribution in [0, 0.1) is 0 Å².